The average molecular weight is 452 g/mol. The predicted molar refractivity (Wildman–Crippen MR) is 111 cm³/mol. The van der Waals surface area contributed by atoms with Crippen LogP contribution >= 0.6 is 23.2 Å². The number of halogens is 2. The van der Waals surface area contributed by atoms with Gasteiger partial charge in [0.1, 0.15) is 12.4 Å². The SMILES string of the molecule is O=C(O)c1ccc(COc2ccc(Cl)cc2NS(=O)(=O)c2ccc(Cl)cc2)cc1. The highest BCUT2D eigenvalue weighted by Gasteiger charge is 2.17. The Bertz CT molecular complexity index is 1130. The number of ether oxygens (including phenoxy) is 1. The average Bonchev–Trinajstić information content (AvgIpc) is 2.68. The van der Waals surface area contributed by atoms with Crippen LogP contribution in [0.2, 0.25) is 10.0 Å². The van der Waals surface area contributed by atoms with E-state index < -0.39 is 16.0 Å². The molecule has 2 N–H and O–H groups in total. The molecule has 0 unspecified atom stereocenters. The summed E-state index contributed by atoms with van der Waals surface area (Å²) in [4.78, 5) is 11.0. The van der Waals surface area contributed by atoms with E-state index in [1.54, 1.807) is 24.3 Å². The third-order valence-corrected chi connectivity index (χ3v) is 5.77. The summed E-state index contributed by atoms with van der Waals surface area (Å²) in [6.07, 6.45) is 0. The molecule has 3 aromatic carbocycles. The molecule has 0 bridgehead atoms. The lowest BCUT2D eigenvalue weighted by atomic mass is 10.1. The van der Waals surface area contributed by atoms with Crippen molar-refractivity contribution in [3.63, 3.8) is 0 Å². The van der Waals surface area contributed by atoms with Crippen LogP contribution in [-0.2, 0) is 16.6 Å². The molecule has 0 aliphatic carbocycles. The molecule has 0 saturated heterocycles. The zero-order valence-corrected chi connectivity index (χ0v) is 17.1. The summed E-state index contributed by atoms with van der Waals surface area (Å²) in [6, 6.07) is 16.5. The topological polar surface area (TPSA) is 92.7 Å². The molecule has 0 atom stereocenters. The van der Waals surface area contributed by atoms with Crippen LogP contribution < -0.4 is 9.46 Å². The number of sulfonamides is 1. The standard InChI is InChI=1S/C20H15Cl2NO5S/c21-15-5-8-17(9-6-15)29(26,27)23-18-11-16(22)7-10-19(18)28-12-13-1-3-14(4-2-13)20(24)25/h1-11,23H,12H2,(H,24,25). The Labute approximate surface area is 177 Å². The highest BCUT2D eigenvalue weighted by Crippen LogP contribution is 2.31. The highest BCUT2D eigenvalue weighted by molar-refractivity contribution is 7.92. The fourth-order valence-corrected chi connectivity index (χ4v) is 3.79. The van der Waals surface area contributed by atoms with E-state index in [0.717, 1.165) is 5.56 Å². The first-order chi connectivity index (χ1) is 13.7. The number of anilines is 1. The Morgan fingerprint density at radius 1 is 0.931 bits per heavy atom. The van der Waals surface area contributed by atoms with Crippen molar-refractivity contribution in [2.75, 3.05) is 4.72 Å². The minimum absolute atomic E-state index is 0.0390. The van der Waals surface area contributed by atoms with Gasteiger partial charge < -0.3 is 9.84 Å². The minimum Gasteiger partial charge on any atom is -0.487 e. The highest BCUT2D eigenvalue weighted by atomic mass is 35.5. The molecule has 150 valence electrons. The number of carboxylic acid groups (broad SMARTS) is 1. The Hall–Kier alpha value is -2.74. The second-order valence-corrected chi connectivity index (χ2v) is 8.55. The smallest absolute Gasteiger partial charge is 0.335 e. The second-order valence-electron chi connectivity index (χ2n) is 5.99. The van der Waals surface area contributed by atoms with Crippen LogP contribution in [0.25, 0.3) is 0 Å². The van der Waals surface area contributed by atoms with Crippen molar-refractivity contribution in [2.45, 2.75) is 11.5 Å². The third kappa shape index (κ3) is 5.41. The molecule has 3 aromatic rings. The Balaban J connectivity index is 1.80. The molecule has 0 amide bonds. The van der Waals surface area contributed by atoms with Gasteiger partial charge in [-0.3, -0.25) is 4.72 Å². The van der Waals surface area contributed by atoms with Crippen molar-refractivity contribution >= 4 is 44.9 Å². The molecule has 0 heterocycles. The lowest BCUT2D eigenvalue weighted by Crippen LogP contribution is -2.14. The van der Waals surface area contributed by atoms with E-state index in [1.165, 1.54) is 42.5 Å². The van der Waals surface area contributed by atoms with Crippen LogP contribution in [0.5, 0.6) is 5.75 Å². The number of aromatic carboxylic acids is 1. The molecule has 0 aromatic heterocycles. The van der Waals surface area contributed by atoms with Gasteiger partial charge in [0, 0.05) is 10.0 Å². The maximum absolute atomic E-state index is 12.6. The van der Waals surface area contributed by atoms with Gasteiger partial charge in [-0.1, -0.05) is 35.3 Å². The van der Waals surface area contributed by atoms with Gasteiger partial charge in [0.15, 0.2) is 0 Å². The van der Waals surface area contributed by atoms with Gasteiger partial charge in [-0.25, -0.2) is 13.2 Å². The number of nitrogens with one attached hydrogen (secondary N) is 1. The fraction of sp³-hybridized carbons (Fsp3) is 0.0500. The van der Waals surface area contributed by atoms with Gasteiger partial charge in [-0.2, -0.15) is 0 Å². The van der Waals surface area contributed by atoms with E-state index in [0.29, 0.717) is 10.0 Å². The largest absolute Gasteiger partial charge is 0.487 e. The van der Waals surface area contributed by atoms with Gasteiger partial charge in [0.2, 0.25) is 0 Å². The molecule has 0 aliphatic rings. The summed E-state index contributed by atoms with van der Waals surface area (Å²) in [6.45, 7) is 0.108. The van der Waals surface area contributed by atoms with E-state index in [1.807, 2.05) is 0 Å². The Morgan fingerprint density at radius 2 is 1.55 bits per heavy atom. The van der Waals surface area contributed by atoms with Crippen molar-refractivity contribution in [1.29, 1.82) is 0 Å². The number of carboxylic acids is 1. The third-order valence-electron chi connectivity index (χ3n) is 3.91. The lowest BCUT2D eigenvalue weighted by molar-refractivity contribution is 0.0697. The van der Waals surface area contributed by atoms with E-state index in [4.69, 9.17) is 33.0 Å². The van der Waals surface area contributed by atoms with Crippen LogP contribution in [0.3, 0.4) is 0 Å². The zero-order valence-electron chi connectivity index (χ0n) is 14.8. The van der Waals surface area contributed by atoms with Gasteiger partial charge in [0.25, 0.3) is 10.0 Å². The van der Waals surface area contributed by atoms with Crippen LogP contribution in [0.1, 0.15) is 15.9 Å². The monoisotopic (exact) mass is 451 g/mol. The summed E-state index contributed by atoms with van der Waals surface area (Å²) in [7, 11) is -3.88. The fourth-order valence-electron chi connectivity index (χ4n) is 2.43. The van der Waals surface area contributed by atoms with Crippen LogP contribution in [0, 0.1) is 0 Å². The normalized spacial score (nSPS) is 11.1. The van der Waals surface area contributed by atoms with Crippen LogP contribution in [0.4, 0.5) is 5.69 Å². The number of rotatable bonds is 7. The minimum atomic E-state index is -3.88. The van der Waals surface area contributed by atoms with E-state index in [9.17, 15) is 13.2 Å². The number of hydrogen-bond acceptors (Lipinski definition) is 4. The van der Waals surface area contributed by atoms with Crippen molar-refractivity contribution in [3.05, 3.63) is 87.9 Å². The maximum atomic E-state index is 12.6. The lowest BCUT2D eigenvalue weighted by Gasteiger charge is -2.14. The maximum Gasteiger partial charge on any atom is 0.335 e. The van der Waals surface area contributed by atoms with Crippen molar-refractivity contribution < 1.29 is 23.1 Å². The Kier molecular flexibility index (Phi) is 6.32. The molecule has 0 aliphatic heterocycles. The van der Waals surface area contributed by atoms with Gasteiger partial charge in [0.05, 0.1) is 16.1 Å². The molecule has 6 nitrogen and oxygen atoms in total. The summed E-state index contributed by atoms with van der Waals surface area (Å²) >= 11 is 11.8. The summed E-state index contributed by atoms with van der Waals surface area (Å²) in [5.41, 5.74) is 1.06. The van der Waals surface area contributed by atoms with Gasteiger partial charge >= 0.3 is 5.97 Å². The molecular formula is C20H15Cl2NO5S. The molecule has 0 spiro atoms. The van der Waals surface area contributed by atoms with E-state index in [-0.39, 0.29) is 28.5 Å². The van der Waals surface area contributed by atoms with Crippen molar-refractivity contribution in [1.82, 2.24) is 0 Å². The van der Waals surface area contributed by atoms with Crippen molar-refractivity contribution in [2.24, 2.45) is 0 Å². The van der Waals surface area contributed by atoms with Crippen LogP contribution in [-0.4, -0.2) is 19.5 Å². The number of hydrogen-bond donors (Lipinski definition) is 2. The number of carbonyl (C=O) groups is 1. The Morgan fingerprint density at radius 3 is 2.17 bits per heavy atom. The molecule has 29 heavy (non-hydrogen) atoms. The molecular weight excluding hydrogens is 437 g/mol. The van der Waals surface area contributed by atoms with Crippen molar-refractivity contribution in [3.8, 4) is 5.75 Å². The predicted octanol–water partition coefficient (Wildman–Crippen LogP) is 5.07. The zero-order chi connectivity index (χ0) is 21.0. The first-order valence-corrected chi connectivity index (χ1v) is 10.5. The molecule has 0 saturated carbocycles. The van der Waals surface area contributed by atoms with Gasteiger partial charge in [-0.05, 0) is 60.2 Å². The van der Waals surface area contributed by atoms with E-state index >= 15 is 0 Å². The van der Waals surface area contributed by atoms with Crippen LogP contribution in [0.15, 0.2) is 71.6 Å². The first-order valence-electron chi connectivity index (χ1n) is 8.27. The molecule has 0 radical (unpaired) electrons. The molecule has 3 rings (SSSR count). The first kappa shape index (κ1) is 21.0. The summed E-state index contributed by atoms with van der Waals surface area (Å²) in [5.74, 6) is -0.747. The molecule has 9 heteroatoms. The summed E-state index contributed by atoms with van der Waals surface area (Å²) in [5, 5.41) is 9.70. The van der Waals surface area contributed by atoms with E-state index in [2.05, 4.69) is 4.72 Å². The quantitative estimate of drug-likeness (QED) is 0.522. The van der Waals surface area contributed by atoms with Gasteiger partial charge in [-0.15, -0.1) is 0 Å². The molecule has 0 fully saturated rings. The number of benzene rings is 3. The summed E-state index contributed by atoms with van der Waals surface area (Å²) < 4.78 is 33.5. The second kappa shape index (κ2) is 8.73.